The average Bonchev–Trinajstić information content (AvgIpc) is 2.77. The number of carbonyl (C=O) groups is 1. The highest BCUT2D eigenvalue weighted by Gasteiger charge is 2.18. The summed E-state index contributed by atoms with van der Waals surface area (Å²) < 4.78 is 0. The molecule has 5 heteroatoms. The summed E-state index contributed by atoms with van der Waals surface area (Å²) in [6, 6.07) is 5.86. The first kappa shape index (κ1) is 12.6. The summed E-state index contributed by atoms with van der Waals surface area (Å²) in [7, 11) is 1.73. The molecule has 0 amide bonds. The zero-order chi connectivity index (χ0) is 13.3. The molecule has 0 atom stereocenters. The Hall–Kier alpha value is -1.88. The molecule has 0 aliphatic heterocycles. The number of hydrogen-bond acceptors (Lipinski definition) is 4. The summed E-state index contributed by atoms with van der Waals surface area (Å²) in [6.45, 7) is 4.03. The third-order valence-electron chi connectivity index (χ3n) is 2.82. The van der Waals surface area contributed by atoms with Crippen molar-refractivity contribution in [3.05, 3.63) is 34.2 Å². The molecule has 0 fully saturated rings. The maximum atomic E-state index is 11.2. The van der Waals surface area contributed by atoms with E-state index in [0.29, 0.717) is 10.8 Å². The zero-order valence-corrected chi connectivity index (χ0v) is 11.3. The van der Waals surface area contributed by atoms with E-state index in [1.54, 1.807) is 7.05 Å². The molecule has 0 saturated heterocycles. The van der Waals surface area contributed by atoms with Crippen molar-refractivity contribution < 1.29 is 9.90 Å². The predicted octanol–water partition coefficient (Wildman–Crippen LogP) is 3.17. The second-order valence-electron chi connectivity index (χ2n) is 4.05. The monoisotopic (exact) mass is 262 g/mol. The molecule has 1 aromatic carbocycles. The van der Waals surface area contributed by atoms with Gasteiger partial charge in [-0.05, 0) is 31.0 Å². The SMILES string of the molecule is CNc1nc(-c2ccc(C)c(C)c2)c(C(=O)O)s1. The third-order valence-corrected chi connectivity index (χ3v) is 3.88. The topological polar surface area (TPSA) is 62.2 Å². The van der Waals surface area contributed by atoms with Crippen LogP contribution in [0.25, 0.3) is 11.3 Å². The molecule has 0 aliphatic rings. The van der Waals surface area contributed by atoms with Gasteiger partial charge in [0.15, 0.2) is 5.13 Å². The van der Waals surface area contributed by atoms with Crippen molar-refractivity contribution in [1.82, 2.24) is 4.98 Å². The van der Waals surface area contributed by atoms with E-state index >= 15 is 0 Å². The fourth-order valence-electron chi connectivity index (χ4n) is 1.66. The minimum Gasteiger partial charge on any atom is -0.477 e. The number of carboxylic acid groups (broad SMARTS) is 1. The minimum atomic E-state index is -0.942. The van der Waals surface area contributed by atoms with Crippen LogP contribution in [0.3, 0.4) is 0 Å². The number of hydrogen-bond donors (Lipinski definition) is 2. The molecule has 2 rings (SSSR count). The van der Waals surface area contributed by atoms with Gasteiger partial charge in [-0.15, -0.1) is 0 Å². The number of aromatic nitrogens is 1. The average molecular weight is 262 g/mol. The van der Waals surface area contributed by atoms with Crippen LogP contribution in [0, 0.1) is 13.8 Å². The van der Waals surface area contributed by atoms with Crippen LogP contribution < -0.4 is 5.32 Å². The quantitative estimate of drug-likeness (QED) is 0.892. The molecule has 0 spiro atoms. The summed E-state index contributed by atoms with van der Waals surface area (Å²) in [6.07, 6.45) is 0. The molecule has 18 heavy (non-hydrogen) atoms. The molecule has 2 aromatic rings. The molecular formula is C13H14N2O2S. The van der Waals surface area contributed by atoms with Crippen LogP contribution in [0.4, 0.5) is 5.13 Å². The largest absolute Gasteiger partial charge is 0.477 e. The summed E-state index contributed by atoms with van der Waals surface area (Å²) >= 11 is 1.15. The Morgan fingerprint density at radius 3 is 2.61 bits per heavy atom. The van der Waals surface area contributed by atoms with Gasteiger partial charge in [-0.1, -0.05) is 23.5 Å². The van der Waals surface area contributed by atoms with Crippen molar-refractivity contribution in [2.45, 2.75) is 13.8 Å². The van der Waals surface area contributed by atoms with Crippen LogP contribution in [-0.4, -0.2) is 23.1 Å². The van der Waals surface area contributed by atoms with Crippen LogP contribution in [0.5, 0.6) is 0 Å². The van der Waals surface area contributed by atoms with Crippen molar-refractivity contribution in [2.24, 2.45) is 0 Å². The Balaban J connectivity index is 2.58. The van der Waals surface area contributed by atoms with Gasteiger partial charge in [0, 0.05) is 12.6 Å². The number of carboxylic acids is 1. The van der Waals surface area contributed by atoms with Crippen molar-refractivity contribution in [3.8, 4) is 11.3 Å². The molecule has 4 nitrogen and oxygen atoms in total. The number of benzene rings is 1. The first-order valence-corrected chi connectivity index (χ1v) is 6.34. The number of rotatable bonds is 3. The normalized spacial score (nSPS) is 10.4. The summed E-state index contributed by atoms with van der Waals surface area (Å²) in [5.41, 5.74) is 3.68. The highest BCUT2D eigenvalue weighted by atomic mass is 32.1. The second kappa shape index (κ2) is 4.78. The first-order valence-electron chi connectivity index (χ1n) is 5.52. The standard InChI is InChI=1S/C13H14N2O2S/c1-7-4-5-9(6-8(7)2)10-11(12(16)17)18-13(14-3)15-10/h4-6H,1-3H3,(H,14,15)(H,16,17). The maximum Gasteiger partial charge on any atom is 0.348 e. The maximum absolute atomic E-state index is 11.2. The van der Waals surface area contributed by atoms with Gasteiger partial charge in [0.1, 0.15) is 4.88 Å². The van der Waals surface area contributed by atoms with E-state index in [2.05, 4.69) is 10.3 Å². The van der Waals surface area contributed by atoms with Gasteiger partial charge < -0.3 is 10.4 Å². The van der Waals surface area contributed by atoms with Crippen molar-refractivity contribution in [2.75, 3.05) is 12.4 Å². The van der Waals surface area contributed by atoms with Crippen LogP contribution >= 0.6 is 11.3 Å². The van der Waals surface area contributed by atoms with Crippen LogP contribution in [0.1, 0.15) is 20.8 Å². The molecule has 0 radical (unpaired) electrons. The minimum absolute atomic E-state index is 0.266. The summed E-state index contributed by atoms with van der Waals surface area (Å²) in [5.74, 6) is -0.942. The van der Waals surface area contributed by atoms with E-state index in [0.717, 1.165) is 22.5 Å². The summed E-state index contributed by atoms with van der Waals surface area (Å²) in [5, 5.41) is 12.7. The molecule has 2 N–H and O–H groups in total. The lowest BCUT2D eigenvalue weighted by atomic mass is 10.0. The number of nitrogens with one attached hydrogen (secondary N) is 1. The Labute approximate surface area is 109 Å². The van der Waals surface area contributed by atoms with Crippen molar-refractivity contribution in [1.29, 1.82) is 0 Å². The van der Waals surface area contributed by atoms with Crippen LogP contribution in [0.2, 0.25) is 0 Å². The Bertz CT molecular complexity index is 605. The highest BCUT2D eigenvalue weighted by molar-refractivity contribution is 7.17. The second-order valence-corrected chi connectivity index (χ2v) is 5.05. The van der Waals surface area contributed by atoms with Crippen molar-refractivity contribution in [3.63, 3.8) is 0 Å². The lowest BCUT2D eigenvalue weighted by Gasteiger charge is -2.03. The lowest BCUT2D eigenvalue weighted by molar-refractivity contribution is 0.0702. The van der Waals surface area contributed by atoms with Gasteiger partial charge in [0.25, 0.3) is 0 Å². The van der Waals surface area contributed by atoms with Gasteiger partial charge in [-0.3, -0.25) is 0 Å². The fraction of sp³-hybridized carbons (Fsp3) is 0.231. The lowest BCUT2D eigenvalue weighted by Crippen LogP contribution is -1.96. The molecule has 0 bridgehead atoms. The smallest absolute Gasteiger partial charge is 0.348 e. The molecule has 94 valence electrons. The van der Waals surface area contributed by atoms with E-state index in [9.17, 15) is 9.90 Å². The molecule has 0 aliphatic carbocycles. The molecule has 0 unspecified atom stereocenters. The van der Waals surface area contributed by atoms with Gasteiger partial charge in [0.05, 0.1) is 5.69 Å². The Morgan fingerprint density at radius 1 is 1.33 bits per heavy atom. The van der Waals surface area contributed by atoms with Crippen LogP contribution in [-0.2, 0) is 0 Å². The van der Waals surface area contributed by atoms with Crippen LogP contribution in [0.15, 0.2) is 18.2 Å². The van der Waals surface area contributed by atoms with E-state index in [1.807, 2.05) is 32.0 Å². The number of anilines is 1. The number of thiazole rings is 1. The van der Waals surface area contributed by atoms with E-state index < -0.39 is 5.97 Å². The molecule has 1 heterocycles. The molecule has 1 aromatic heterocycles. The van der Waals surface area contributed by atoms with E-state index in [1.165, 1.54) is 5.56 Å². The van der Waals surface area contributed by atoms with Gasteiger partial charge >= 0.3 is 5.97 Å². The molecule has 0 saturated carbocycles. The van der Waals surface area contributed by atoms with Gasteiger partial charge in [-0.25, -0.2) is 9.78 Å². The molecular weight excluding hydrogens is 248 g/mol. The first-order chi connectivity index (χ1) is 8.52. The summed E-state index contributed by atoms with van der Waals surface area (Å²) in [4.78, 5) is 15.8. The highest BCUT2D eigenvalue weighted by Crippen LogP contribution is 2.31. The predicted molar refractivity (Wildman–Crippen MR) is 73.5 cm³/mol. The Kier molecular flexibility index (Phi) is 3.34. The Morgan fingerprint density at radius 2 is 2.06 bits per heavy atom. The fourth-order valence-corrected chi connectivity index (χ4v) is 2.44. The van der Waals surface area contributed by atoms with Crippen molar-refractivity contribution >= 4 is 22.4 Å². The number of aromatic carboxylic acids is 1. The zero-order valence-electron chi connectivity index (χ0n) is 10.4. The third kappa shape index (κ3) is 2.22. The van der Waals surface area contributed by atoms with Gasteiger partial charge in [-0.2, -0.15) is 0 Å². The van der Waals surface area contributed by atoms with E-state index in [-0.39, 0.29) is 4.88 Å². The van der Waals surface area contributed by atoms with Gasteiger partial charge in [0.2, 0.25) is 0 Å². The number of nitrogens with zero attached hydrogens (tertiary/aromatic N) is 1. The van der Waals surface area contributed by atoms with E-state index in [4.69, 9.17) is 0 Å². The number of aryl methyl sites for hydroxylation is 2.